The Morgan fingerprint density at radius 1 is 1.52 bits per heavy atom. The Kier molecular flexibility index (Phi) is 4.17. The molecule has 2 aromatic rings. The van der Waals surface area contributed by atoms with Crippen LogP contribution < -0.4 is 10.6 Å². The van der Waals surface area contributed by atoms with Crippen molar-refractivity contribution in [1.82, 2.24) is 20.2 Å². The van der Waals surface area contributed by atoms with Crippen molar-refractivity contribution in [3.63, 3.8) is 0 Å². The van der Waals surface area contributed by atoms with Gasteiger partial charge in [-0.25, -0.2) is 4.98 Å². The van der Waals surface area contributed by atoms with E-state index in [1.54, 1.807) is 0 Å². The van der Waals surface area contributed by atoms with Crippen molar-refractivity contribution in [3.05, 3.63) is 30.1 Å². The molecule has 1 aromatic carbocycles. The highest BCUT2D eigenvalue weighted by atomic mass is 16.5. The Bertz CT molecular complexity index is 632. The lowest BCUT2D eigenvalue weighted by molar-refractivity contribution is -0.134. The summed E-state index contributed by atoms with van der Waals surface area (Å²) in [5.41, 5.74) is 2.10. The predicted molar refractivity (Wildman–Crippen MR) is 80.0 cm³/mol. The van der Waals surface area contributed by atoms with Crippen molar-refractivity contribution in [2.24, 2.45) is 7.05 Å². The van der Waals surface area contributed by atoms with Crippen LogP contribution in [0.25, 0.3) is 11.0 Å². The number of amides is 1. The standard InChI is InChI=1S/C15H20N4O2/c1-19-12-5-3-2-4-11(12)18-14(19)6-7-17-15(20)13-10-16-8-9-21-13/h2-5,13,16H,6-10H2,1H3,(H,17,20). The van der Waals surface area contributed by atoms with Crippen LogP contribution in [0.3, 0.4) is 0 Å². The minimum Gasteiger partial charge on any atom is -0.366 e. The monoisotopic (exact) mass is 288 g/mol. The smallest absolute Gasteiger partial charge is 0.250 e. The summed E-state index contributed by atoms with van der Waals surface area (Å²) >= 11 is 0. The van der Waals surface area contributed by atoms with E-state index in [4.69, 9.17) is 4.74 Å². The minimum absolute atomic E-state index is 0.0547. The molecule has 0 saturated carbocycles. The number of nitrogens with one attached hydrogen (secondary N) is 2. The van der Waals surface area contributed by atoms with Crippen molar-refractivity contribution < 1.29 is 9.53 Å². The van der Waals surface area contributed by atoms with E-state index in [0.717, 1.165) is 23.4 Å². The number of carbonyl (C=O) groups excluding carboxylic acids is 1. The summed E-state index contributed by atoms with van der Waals surface area (Å²) in [4.78, 5) is 16.5. The van der Waals surface area contributed by atoms with E-state index in [-0.39, 0.29) is 12.0 Å². The third kappa shape index (κ3) is 3.06. The van der Waals surface area contributed by atoms with Crippen LogP contribution in [-0.2, 0) is 23.0 Å². The van der Waals surface area contributed by atoms with Crippen LogP contribution in [0, 0.1) is 0 Å². The molecule has 2 heterocycles. The van der Waals surface area contributed by atoms with Gasteiger partial charge in [0.2, 0.25) is 5.91 Å². The van der Waals surface area contributed by atoms with E-state index in [9.17, 15) is 4.79 Å². The average molecular weight is 288 g/mol. The van der Waals surface area contributed by atoms with Crippen LogP contribution in [0.15, 0.2) is 24.3 Å². The molecule has 0 radical (unpaired) electrons. The lowest BCUT2D eigenvalue weighted by Crippen LogP contribution is -2.48. The van der Waals surface area contributed by atoms with Crippen molar-refractivity contribution in [1.29, 1.82) is 0 Å². The van der Waals surface area contributed by atoms with Crippen LogP contribution in [-0.4, -0.2) is 47.8 Å². The molecule has 1 aromatic heterocycles. The second-order valence-electron chi connectivity index (χ2n) is 5.18. The fourth-order valence-electron chi connectivity index (χ4n) is 2.56. The van der Waals surface area contributed by atoms with Crippen LogP contribution in [0.4, 0.5) is 0 Å². The number of imidazole rings is 1. The van der Waals surface area contributed by atoms with E-state index in [1.165, 1.54) is 0 Å². The number of morpholine rings is 1. The molecule has 0 bridgehead atoms. The molecule has 1 aliphatic rings. The molecule has 21 heavy (non-hydrogen) atoms. The molecule has 0 spiro atoms. The topological polar surface area (TPSA) is 68.2 Å². The molecule has 1 amide bonds. The van der Waals surface area contributed by atoms with Crippen LogP contribution in [0.5, 0.6) is 0 Å². The zero-order chi connectivity index (χ0) is 14.7. The highest BCUT2D eigenvalue weighted by Crippen LogP contribution is 2.14. The summed E-state index contributed by atoms with van der Waals surface area (Å²) in [5, 5.41) is 6.06. The van der Waals surface area contributed by atoms with Crippen molar-refractivity contribution in [2.75, 3.05) is 26.2 Å². The Morgan fingerprint density at radius 3 is 3.14 bits per heavy atom. The number of hydrogen-bond acceptors (Lipinski definition) is 4. The zero-order valence-corrected chi connectivity index (χ0v) is 12.1. The first-order chi connectivity index (χ1) is 10.3. The number of fused-ring (bicyclic) bond motifs is 1. The van der Waals surface area contributed by atoms with E-state index >= 15 is 0 Å². The summed E-state index contributed by atoms with van der Waals surface area (Å²) in [6, 6.07) is 8.03. The highest BCUT2D eigenvalue weighted by molar-refractivity contribution is 5.81. The fraction of sp³-hybridized carbons (Fsp3) is 0.467. The number of nitrogens with zero attached hydrogens (tertiary/aromatic N) is 2. The summed E-state index contributed by atoms with van der Waals surface area (Å²) in [6.07, 6.45) is 0.330. The van der Waals surface area contributed by atoms with Gasteiger partial charge in [-0.1, -0.05) is 12.1 Å². The third-order valence-corrected chi connectivity index (χ3v) is 3.75. The van der Waals surface area contributed by atoms with Crippen molar-refractivity contribution in [3.8, 4) is 0 Å². The molecule has 1 aliphatic heterocycles. The van der Waals surface area contributed by atoms with Crippen molar-refractivity contribution >= 4 is 16.9 Å². The number of aromatic nitrogens is 2. The number of benzene rings is 1. The van der Waals surface area contributed by atoms with Gasteiger partial charge in [-0.3, -0.25) is 4.79 Å². The third-order valence-electron chi connectivity index (χ3n) is 3.75. The zero-order valence-electron chi connectivity index (χ0n) is 12.1. The first-order valence-electron chi connectivity index (χ1n) is 7.26. The van der Waals surface area contributed by atoms with E-state index < -0.39 is 0 Å². The molecule has 6 nitrogen and oxygen atoms in total. The maximum atomic E-state index is 11.9. The normalized spacial score (nSPS) is 18.8. The summed E-state index contributed by atoms with van der Waals surface area (Å²) < 4.78 is 7.49. The lowest BCUT2D eigenvalue weighted by atomic mass is 10.3. The SMILES string of the molecule is Cn1c(CCNC(=O)C2CNCCO2)nc2ccccc21. The molecule has 1 fully saturated rings. The first-order valence-corrected chi connectivity index (χ1v) is 7.26. The summed E-state index contributed by atoms with van der Waals surface area (Å²) in [5.74, 6) is 0.917. The molecular weight excluding hydrogens is 268 g/mol. The van der Waals surface area contributed by atoms with Gasteiger partial charge in [0.25, 0.3) is 0 Å². The van der Waals surface area contributed by atoms with Gasteiger partial charge >= 0.3 is 0 Å². The van der Waals surface area contributed by atoms with Crippen molar-refractivity contribution in [2.45, 2.75) is 12.5 Å². The number of hydrogen-bond donors (Lipinski definition) is 2. The number of carbonyl (C=O) groups is 1. The second-order valence-corrected chi connectivity index (χ2v) is 5.18. The van der Waals surface area contributed by atoms with Gasteiger partial charge in [0.15, 0.2) is 0 Å². The second kappa shape index (κ2) is 6.24. The summed E-state index contributed by atoms with van der Waals surface area (Å²) in [7, 11) is 2.00. The van der Waals surface area contributed by atoms with Gasteiger partial charge in [0, 0.05) is 33.1 Å². The molecule has 0 aliphatic carbocycles. The molecular formula is C15H20N4O2. The van der Waals surface area contributed by atoms with Crippen LogP contribution in [0.1, 0.15) is 5.82 Å². The molecule has 2 N–H and O–H groups in total. The lowest BCUT2D eigenvalue weighted by Gasteiger charge is -2.22. The fourth-order valence-corrected chi connectivity index (χ4v) is 2.56. The Balaban J connectivity index is 1.56. The van der Waals surface area contributed by atoms with Gasteiger partial charge in [-0.15, -0.1) is 0 Å². The largest absolute Gasteiger partial charge is 0.366 e. The molecule has 1 unspecified atom stereocenters. The van der Waals surface area contributed by atoms with Gasteiger partial charge in [-0.05, 0) is 12.1 Å². The van der Waals surface area contributed by atoms with Gasteiger partial charge < -0.3 is 19.9 Å². The molecule has 3 rings (SSSR count). The van der Waals surface area contributed by atoms with Gasteiger partial charge in [-0.2, -0.15) is 0 Å². The Morgan fingerprint density at radius 2 is 2.38 bits per heavy atom. The highest BCUT2D eigenvalue weighted by Gasteiger charge is 2.21. The number of ether oxygens (including phenoxy) is 1. The number of para-hydroxylation sites is 2. The van der Waals surface area contributed by atoms with Gasteiger partial charge in [0.1, 0.15) is 11.9 Å². The minimum atomic E-state index is -0.376. The van der Waals surface area contributed by atoms with E-state index in [0.29, 0.717) is 26.1 Å². The summed E-state index contributed by atoms with van der Waals surface area (Å²) in [6.45, 7) is 2.54. The maximum absolute atomic E-state index is 11.9. The molecule has 1 saturated heterocycles. The molecule has 112 valence electrons. The quantitative estimate of drug-likeness (QED) is 0.844. The van der Waals surface area contributed by atoms with Crippen LogP contribution >= 0.6 is 0 Å². The molecule has 6 heteroatoms. The molecule has 1 atom stereocenters. The average Bonchev–Trinajstić information content (AvgIpc) is 2.85. The predicted octanol–water partition coefficient (Wildman–Crippen LogP) is 0.220. The van der Waals surface area contributed by atoms with E-state index in [2.05, 4.69) is 20.2 Å². The number of rotatable bonds is 4. The Hall–Kier alpha value is -1.92. The van der Waals surface area contributed by atoms with E-state index in [1.807, 2.05) is 31.3 Å². The van der Waals surface area contributed by atoms with Gasteiger partial charge in [0.05, 0.1) is 17.6 Å². The Labute approximate surface area is 123 Å². The van der Waals surface area contributed by atoms with Crippen LogP contribution in [0.2, 0.25) is 0 Å². The first kappa shape index (κ1) is 14.0. The number of aryl methyl sites for hydroxylation is 1. The maximum Gasteiger partial charge on any atom is 0.250 e.